The van der Waals surface area contributed by atoms with Gasteiger partial charge >= 0.3 is 6.09 Å². The summed E-state index contributed by atoms with van der Waals surface area (Å²) in [6, 6.07) is 5.38. The number of sulfonamides is 1. The Balaban J connectivity index is 1.07. The number of ether oxygens (including phenoxy) is 3. The van der Waals surface area contributed by atoms with Crippen LogP contribution < -0.4 is 24.8 Å². The Kier molecular flexibility index (Phi) is 12.4. The largest absolute Gasteiger partial charge is 0.486 e. The Morgan fingerprint density at radius 3 is 2.45 bits per heavy atom. The molecule has 1 aromatic heterocycles. The number of hydrogen-bond donors (Lipinski definition) is 3. The van der Waals surface area contributed by atoms with Crippen molar-refractivity contribution in [2.75, 3.05) is 26.7 Å². The van der Waals surface area contributed by atoms with E-state index in [9.17, 15) is 22.8 Å². The van der Waals surface area contributed by atoms with Crippen LogP contribution in [0.3, 0.4) is 0 Å². The number of rotatable bonds is 9. The van der Waals surface area contributed by atoms with Gasteiger partial charge in [0.15, 0.2) is 0 Å². The van der Waals surface area contributed by atoms with Gasteiger partial charge in [0.1, 0.15) is 47.9 Å². The first-order valence-electron chi connectivity index (χ1n) is 23.5. The van der Waals surface area contributed by atoms with E-state index in [1.807, 2.05) is 36.2 Å². The van der Waals surface area contributed by atoms with Crippen molar-refractivity contribution >= 4 is 44.7 Å². The van der Waals surface area contributed by atoms with Crippen LogP contribution in [0.1, 0.15) is 109 Å². The van der Waals surface area contributed by atoms with Crippen molar-refractivity contribution < 1.29 is 46.2 Å². The maximum Gasteiger partial charge on any atom is 0.408 e. The molecule has 348 valence electrons. The van der Waals surface area contributed by atoms with E-state index in [-0.39, 0.29) is 49.8 Å². The second kappa shape index (κ2) is 17.7. The van der Waals surface area contributed by atoms with Gasteiger partial charge in [-0.1, -0.05) is 50.3 Å². The molecule has 6 fully saturated rings. The monoisotopic (exact) mass is 906 g/mol. The van der Waals surface area contributed by atoms with E-state index >= 15 is 9.18 Å². The summed E-state index contributed by atoms with van der Waals surface area (Å²) in [5, 5.41) is 6.56. The number of para-hydroxylation sites is 1. The molecular weight excluding hydrogens is 844 g/mol. The van der Waals surface area contributed by atoms with E-state index in [1.165, 1.54) is 11.0 Å². The summed E-state index contributed by atoms with van der Waals surface area (Å²) in [4.78, 5) is 65.7. The number of hydrogen-bond acceptors (Lipinski definition) is 11. The third-order valence-electron chi connectivity index (χ3n) is 15.1. The number of piperidine rings is 1. The Labute approximate surface area is 375 Å². The van der Waals surface area contributed by atoms with Crippen LogP contribution in [0.5, 0.6) is 11.6 Å². The van der Waals surface area contributed by atoms with Crippen LogP contribution in [0.25, 0.3) is 10.9 Å². The normalized spacial score (nSPS) is 33.5. The molecule has 2 saturated heterocycles. The molecule has 1 aromatic carbocycles. The number of likely N-dealkylation sites (tertiary alicyclic amines) is 1. The molecular formula is C47H63FN6O9S. The standard InChI is InChI=1S/C47H63FN6O9S/c1-4-30-25-47(30,44(57)52-64(59,60)46(2)20-21-46)51-41(55)36-24-31-26-54(36)43(56)39(28-13-7-5-8-14-28)50-45(58)63-38-23-29(38)15-9-6-10-17-33-40(62-37-19-22-53(3)27-34(37)48)32-16-11-12-18-35(32)49-42(33)61-31/h4,11-12,16,18,28-31,34,36-39H,1,5-10,13-15,17,19-27H2,2-3H3,(H,50,58)(H,51,55)(H,52,57)/t29-,30?,31-,34-,36+,37+,38-,39+,47?/m1/s1. The van der Waals surface area contributed by atoms with Crippen LogP contribution >= 0.6 is 0 Å². The molecule has 4 aliphatic carbocycles. The summed E-state index contributed by atoms with van der Waals surface area (Å²) in [6.45, 7) is 6.31. The molecule has 64 heavy (non-hydrogen) atoms. The molecule has 4 saturated carbocycles. The van der Waals surface area contributed by atoms with Crippen LogP contribution in [0, 0.1) is 17.8 Å². The average molecular weight is 907 g/mol. The van der Waals surface area contributed by atoms with Gasteiger partial charge < -0.3 is 34.6 Å². The quantitative estimate of drug-likeness (QED) is 0.280. The molecule has 0 spiro atoms. The molecule has 3 N–H and O–H groups in total. The number of fused-ring (bicyclic) bond motifs is 5. The number of pyridine rings is 1. The fourth-order valence-electron chi connectivity index (χ4n) is 10.5. The number of aromatic nitrogens is 1. The van der Waals surface area contributed by atoms with Crippen molar-refractivity contribution in [1.29, 1.82) is 0 Å². The third-order valence-corrected chi connectivity index (χ3v) is 17.3. The molecule has 7 aliphatic rings. The zero-order valence-corrected chi connectivity index (χ0v) is 37.8. The zero-order valence-electron chi connectivity index (χ0n) is 37.0. The van der Waals surface area contributed by atoms with E-state index in [0.717, 1.165) is 56.8 Å². The van der Waals surface area contributed by atoms with E-state index in [0.29, 0.717) is 61.9 Å². The molecule has 2 aromatic rings. The van der Waals surface area contributed by atoms with E-state index in [1.54, 1.807) is 6.92 Å². The SMILES string of the molecule is C=CC1CC1(NC(=O)[C@@H]1C[C@@H]2CN1C(=O)[C@H](C1CCCCC1)NC(=O)O[C@@H]1C[C@H]1CCCCCc1c(nc3ccccc3c1O[C@H]1CCN(C)C[C@H]1F)O2)C(=O)NS(=O)(=O)C1(C)CC1. The molecule has 9 atom stereocenters. The molecule has 9 rings (SSSR count). The minimum absolute atomic E-state index is 0.00162. The van der Waals surface area contributed by atoms with Crippen molar-refractivity contribution in [3.8, 4) is 11.6 Å². The van der Waals surface area contributed by atoms with Gasteiger partial charge in [-0.2, -0.15) is 0 Å². The van der Waals surface area contributed by atoms with Crippen molar-refractivity contribution in [3.63, 3.8) is 0 Å². The lowest BCUT2D eigenvalue weighted by atomic mass is 9.83. The minimum atomic E-state index is -4.03. The number of carbonyl (C=O) groups is 4. The molecule has 2 bridgehead atoms. The summed E-state index contributed by atoms with van der Waals surface area (Å²) in [7, 11) is -2.13. The summed E-state index contributed by atoms with van der Waals surface area (Å²) in [5.41, 5.74) is -0.303. The van der Waals surface area contributed by atoms with Crippen LogP contribution in [-0.2, 0) is 35.6 Å². The van der Waals surface area contributed by atoms with Crippen LogP contribution in [0.4, 0.5) is 9.18 Å². The summed E-state index contributed by atoms with van der Waals surface area (Å²) >= 11 is 0. The van der Waals surface area contributed by atoms with Gasteiger partial charge in [-0.3, -0.25) is 19.1 Å². The number of halogens is 1. The maximum atomic E-state index is 15.7. The lowest BCUT2D eigenvalue weighted by molar-refractivity contribution is -0.142. The fraction of sp³-hybridized carbons (Fsp3) is 0.681. The Morgan fingerprint density at radius 1 is 1.00 bits per heavy atom. The fourth-order valence-corrected chi connectivity index (χ4v) is 11.8. The summed E-state index contributed by atoms with van der Waals surface area (Å²) in [6.07, 6.45) is 8.30. The Morgan fingerprint density at radius 2 is 1.73 bits per heavy atom. The third kappa shape index (κ3) is 9.04. The molecule has 3 aliphatic heterocycles. The lowest BCUT2D eigenvalue weighted by Gasteiger charge is -2.34. The average Bonchev–Trinajstić information content (AvgIpc) is 4.23. The van der Waals surface area contributed by atoms with Crippen molar-refractivity contribution in [2.24, 2.45) is 17.8 Å². The molecule has 0 radical (unpaired) electrons. The predicted octanol–water partition coefficient (Wildman–Crippen LogP) is 5.24. The number of nitrogens with zero attached hydrogens (tertiary/aromatic N) is 3. The smallest absolute Gasteiger partial charge is 0.408 e. The highest BCUT2D eigenvalue weighted by atomic mass is 32.2. The van der Waals surface area contributed by atoms with E-state index in [2.05, 4.69) is 21.9 Å². The number of alkyl halides is 1. The second-order valence-corrected chi connectivity index (χ2v) is 22.1. The number of benzene rings is 1. The zero-order chi connectivity index (χ0) is 45.0. The van der Waals surface area contributed by atoms with E-state index in [4.69, 9.17) is 19.2 Å². The number of amides is 4. The summed E-state index contributed by atoms with van der Waals surface area (Å²) < 4.78 is 62.7. The van der Waals surface area contributed by atoms with Gasteiger partial charge in [0.25, 0.3) is 5.91 Å². The topological polar surface area (TPSA) is 186 Å². The van der Waals surface area contributed by atoms with Gasteiger partial charge in [0.05, 0.1) is 22.4 Å². The van der Waals surface area contributed by atoms with Gasteiger partial charge in [-0.25, -0.2) is 22.6 Å². The van der Waals surface area contributed by atoms with Gasteiger partial charge in [0, 0.05) is 30.8 Å². The first-order chi connectivity index (χ1) is 30.7. The van der Waals surface area contributed by atoms with Gasteiger partial charge in [0.2, 0.25) is 27.7 Å². The number of alkyl carbamates (subject to hydrolysis) is 1. The van der Waals surface area contributed by atoms with Crippen molar-refractivity contribution in [3.05, 3.63) is 42.5 Å². The Hall–Kier alpha value is -4.51. The minimum Gasteiger partial charge on any atom is -0.486 e. The summed E-state index contributed by atoms with van der Waals surface area (Å²) in [5.74, 6) is -1.69. The molecule has 4 heterocycles. The first kappa shape index (κ1) is 44.7. The van der Waals surface area contributed by atoms with Crippen LogP contribution in [0.15, 0.2) is 36.9 Å². The second-order valence-electron chi connectivity index (χ2n) is 19.9. The molecule has 17 heteroatoms. The van der Waals surface area contributed by atoms with Crippen LogP contribution in [0.2, 0.25) is 0 Å². The van der Waals surface area contributed by atoms with Crippen LogP contribution in [-0.4, -0.2) is 121 Å². The predicted molar refractivity (Wildman–Crippen MR) is 236 cm³/mol. The van der Waals surface area contributed by atoms with Gasteiger partial charge in [-0.05, 0) is 102 Å². The molecule has 15 nitrogen and oxygen atoms in total. The van der Waals surface area contributed by atoms with E-state index < -0.39 is 80.5 Å². The molecule has 4 amide bonds. The molecule has 2 unspecified atom stereocenters. The maximum absolute atomic E-state index is 15.7. The highest BCUT2D eigenvalue weighted by molar-refractivity contribution is 7.91. The van der Waals surface area contributed by atoms with Crippen molar-refractivity contribution in [2.45, 2.75) is 157 Å². The number of nitrogens with one attached hydrogen (secondary N) is 3. The highest BCUT2D eigenvalue weighted by Gasteiger charge is 2.63. The highest BCUT2D eigenvalue weighted by Crippen LogP contribution is 2.48. The Bertz CT molecular complexity index is 2270. The van der Waals surface area contributed by atoms with Crippen molar-refractivity contribution in [1.82, 2.24) is 30.1 Å². The lowest BCUT2D eigenvalue weighted by Crippen LogP contribution is -2.59. The van der Waals surface area contributed by atoms with Gasteiger partial charge in [-0.15, -0.1) is 6.58 Å². The first-order valence-corrected chi connectivity index (χ1v) is 25.0. The number of carbonyl (C=O) groups excluding carboxylic acids is 4.